The van der Waals surface area contributed by atoms with E-state index in [2.05, 4.69) is 4.74 Å². The lowest BCUT2D eigenvalue weighted by Crippen LogP contribution is -2.19. The number of rotatable bonds is 4. The molecule has 1 aromatic carbocycles. The third kappa shape index (κ3) is 2.74. The van der Waals surface area contributed by atoms with Crippen LogP contribution >= 0.6 is 0 Å². The van der Waals surface area contributed by atoms with E-state index in [0.717, 1.165) is 11.6 Å². The van der Waals surface area contributed by atoms with Gasteiger partial charge in [-0.1, -0.05) is 0 Å². The van der Waals surface area contributed by atoms with Crippen molar-refractivity contribution in [3.05, 3.63) is 47.7 Å². The minimum absolute atomic E-state index is 0.0508. The van der Waals surface area contributed by atoms with Gasteiger partial charge >= 0.3 is 5.97 Å². The van der Waals surface area contributed by atoms with Gasteiger partial charge in [0.25, 0.3) is 0 Å². The van der Waals surface area contributed by atoms with Crippen LogP contribution in [0.4, 0.5) is 15.8 Å². The minimum atomic E-state index is -0.597. The molecule has 6 heteroatoms. The van der Waals surface area contributed by atoms with Gasteiger partial charge in [0.15, 0.2) is 0 Å². The number of nitrogens with zero attached hydrogens (tertiary/aromatic N) is 1. The Morgan fingerprint density at radius 1 is 1.50 bits per heavy atom. The number of carbonyl (C=O) groups excluding carboxylic acids is 1. The van der Waals surface area contributed by atoms with E-state index < -0.39 is 11.8 Å². The van der Waals surface area contributed by atoms with Crippen LogP contribution in [0, 0.1) is 5.82 Å². The van der Waals surface area contributed by atoms with Gasteiger partial charge < -0.3 is 19.8 Å². The number of carbonyl (C=O) groups is 1. The molecule has 2 aromatic rings. The van der Waals surface area contributed by atoms with Crippen molar-refractivity contribution in [1.29, 1.82) is 0 Å². The first-order valence-electron chi connectivity index (χ1n) is 5.92. The maximum atomic E-state index is 14.0. The van der Waals surface area contributed by atoms with Gasteiger partial charge in [0.05, 0.1) is 30.9 Å². The monoisotopic (exact) mass is 278 g/mol. The van der Waals surface area contributed by atoms with Crippen molar-refractivity contribution in [2.75, 3.05) is 24.8 Å². The summed E-state index contributed by atoms with van der Waals surface area (Å²) in [5.41, 5.74) is 6.98. The van der Waals surface area contributed by atoms with E-state index >= 15 is 0 Å². The number of furan rings is 1. The summed E-state index contributed by atoms with van der Waals surface area (Å²) in [4.78, 5) is 13.2. The molecular weight excluding hydrogens is 263 g/mol. The molecule has 0 unspecified atom stereocenters. The Morgan fingerprint density at radius 2 is 2.25 bits per heavy atom. The smallest absolute Gasteiger partial charge is 0.340 e. The number of anilines is 2. The number of nitrogen functional groups attached to an aromatic ring is 1. The molecule has 0 aliphatic carbocycles. The number of ether oxygens (including phenoxy) is 1. The Hall–Kier alpha value is -2.50. The summed E-state index contributed by atoms with van der Waals surface area (Å²) in [5, 5.41) is 0. The molecule has 0 atom stereocenters. The van der Waals surface area contributed by atoms with E-state index in [1.807, 2.05) is 0 Å². The second kappa shape index (κ2) is 5.64. The van der Waals surface area contributed by atoms with Crippen LogP contribution in [-0.4, -0.2) is 20.1 Å². The van der Waals surface area contributed by atoms with Crippen molar-refractivity contribution in [3.8, 4) is 0 Å². The first-order valence-corrected chi connectivity index (χ1v) is 5.92. The maximum Gasteiger partial charge on any atom is 0.340 e. The van der Waals surface area contributed by atoms with Crippen molar-refractivity contribution in [3.63, 3.8) is 0 Å². The van der Waals surface area contributed by atoms with Crippen molar-refractivity contribution in [2.45, 2.75) is 6.54 Å². The average Bonchev–Trinajstić information content (AvgIpc) is 2.90. The summed E-state index contributed by atoms with van der Waals surface area (Å²) in [6.45, 7) is 0.442. The lowest BCUT2D eigenvalue weighted by atomic mass is 10.1. The summed E-state index contributed by atoms with van der Waals surface area (Å²) >= 11 is 0. The van der Waals surface area contributed by atoms with Crippen molar-refractivity contribution >= 4 is 17.3 Å². The molecule has 2 rings (SSSR count). The van der Waals surface area contributed by atoms with Crippen LogP contribution in [0.1, 0.15) is 15.9 Å². The standard InChI is InChI=1S/C14H15FN2O3/c1-17(7-9-3-4-20-8-9)13-5-10(14(18)19-2)12(16)6-11(13)15/h3-6,8H,7,16H2,1-2H3. The summed E-state index contributed by atoms with van der Waals surface area (Å²) in [6.07, 6.45) is 3.12. The molecule has 0 saturated heterocycles. The van der Waals surface area contributed by atoms with Crippen LogP contribution in [0.5, 0.6) is 0 Å². The topological polar surface area (TPSA) is 68.7 Å². The summed E-state index contributed by atoms with van der Waals surface area (Å²) in [6, 6.07) is 4.29. The Kier molecular flexibility index (Phi) is 3.93. The van der Waals surface area contributed by atoms with Gasteiger partial charge in [-0.15, -0.1) is 0 Å². The highest BCUT2D eigenvalue weighted by atomic mass is 19.1. The molecule has 1 aromatic heterocycles. The van der Waals surface area contributed by atoms with Gasteiger partial charge in [-0.05, 0) is 18.2 Å². The fraction of sp³-hybridized carbons (Fsp3) is 0.214. The largest absolute Gasteiger partial charge is 0.472 e. The zero-order chi connectivity index (χ0) is 14.7. The zero-order valence-electron chi connectivity index (χ0n) is 11.2. The number of nitrogens with two attached hydrogens (primary N) is 1. The number of benzene rings is 1. The molecule has 0 saturated carbocycles. The van der Waals surface area contributed by atoms with E-state index in [0.29, 0.717) is 6.54 Å². The maximum absolute atomic E-state index is 14.0. The number of hydrogen-bond donors (Lipinski definition) is 1. The molecule has 0 amide bonds. The molecular formula is C14H15FN2O3. The second-order valence-electron chi connectivity index (χ2n) is 4.37. The Bertz CT molecular complexity index is 611. The molecule has 0 fully saturated rings. The molecule has 5 nitrogen and oxygen atoms in total. The molecule has 106 valence electrons. The highest BCUT2D eigenvalue weighted by molar-refractivity contribution is 5.96. The SMILES string of the molecule is COC(=O)c1cc(N(C)Cc2ccoc2)c(F)cc1N. The summed E-state index contributed by atoms with van der Waals surface area (Å²) in [5.74, 6) is -1.10. The van der Waals surface area contributed by atoms with Gasteiger partial charge in [0, 0.05) is 24.8 Å². The predicted octanol–water partition coefficient (Wildman–Crippen LogP) is 2.42. The van der Waals surface area contributed by atoms with E-state index in [9.17, 15) is 9.18 Å². The Morgan fingerprint density at radius 3 is 2.85 bits per heavy atom. The van der Waals surface area contributed by atoms with Crippen LogP contribution in [0.3, 0.4) is 0 Å². The highest BCUT2D eigenvalue weighted by Gasteiger charge is 2.17. The number of esters is 1. The molecule has 0 bridgehead atoms. The summed E-state index contributed by atoms with van der Waals surface area (Å²) < 4.78 is 23.6. The molecule has 20 heavy (non-hydrogen) atoms. The molecule has 2 N–H and O–H groups in total. The number of halogens is 1. The lowest BCUT2D eigenvalue weighted by molar-refractivity contribution is 0.0602. The van der Waals surface area contributed by atoms with E-state index in [-0.39, 0.29) is 16.9 Å². The van der Waals surface area contributed by atoms with Gasteiger partial charge in [0.2, 0.25) is 0 Å². The zero-order valence-corrected chi connectivity index (χ0v) is 11.2. The van der Waals surface area contributed by atoms with Crippen LogP contribution in [0.15, 0.2) is 35.1 Å². The molecule has 0 radical (unpaired) electrons. The first kappa shape index (κ1) is 13.9. The van der Waals surface area contributed by atoms with Crippen molar-refractivity contribution < 1.29 is 18.3 Å². The number of hydrogen-bond acceptors (Lipinski definition) is 5. The average molecular weight is 278 g/mol. The van der Waals surface area contributed by atoms with Crippen LogP contribution in [-0.2, 0) is 11.3 Å². The van der Waals surface area contributed by atoms with E-state index in [4.69, 9.17) is 10.2 Å². The normalized spacial score (nSPS) is 10.3. The Labute approximate surface area is 115 Å². The van der Waals surface area contributed by atoms with E-state index in [1.165, 1.54) is 13.2 Å². The fourth-order valence-corrected chi connectivity index (χ4v) is 1.90. The van der Waals surface area contributed by atoms with Gasteiger partial charge in [0.1, 0.15) is 5.82 Å². The van der Waals surface area contributed by atoms with Crippen LogP contribution in [0.25, 0.3) is 0 Å². The molecule has 0 aliphatic heterocycles. The number of methoxy groups -OCH3 is 1. The predicted molar refractivity (Wildman–Crippen MR) is 73.0 cm³/mol. The van der Waals surface area contributed by atoms with Gasteiger partial charge in [-0.2, -0.15) is 0 Å². The first-order chi connectivity index (χ1) is 9.52. The third-order valence-electron chi connectivity index (χ3n) is 2.94. The minimum Gasteiger partial charge on any atom is -0.472 e. The van der Waals surface area contributed by atoms with Crippen LogP contribution < -0.4 is 10.6 Å². The van der Waals surface area contributed by atoms with E-state index in [1.54, 1.807) is 30.5 Å². The van der Waals surface area contributed by atoms with Crippen molar-refractivity contribution in [1.82, 2.24) is 0 Å². The highest BCUT2D eigenvalue weighted by Crippen LogP contribution is 2.26. The molecule has 0 spiro atoms. The molecule has 0 aliphatic rings. The third-order valence-corrected chi connectivity index (χ3v) is 2.94. The summed E-state index contributed by atoms with van der Waals surface area (Å²) in [7, 11) is 2.96. The van der Waals surface area contributed by atoms with Crippen LogP contribution in [0.2, 0.25) is 0 Å². The molecule has 1 heterocycles. The fourth-order valence-electron chi connectivity index (χ4n) is 1.90. The van der Waals surface area contributed by atoms with Gasteiger partial charge in [-0.3, -0.25) is 0 Å². The lowest BCUT2D eigenvalue weighted by Gasteiger charge is -2.20. The Balaban J connectivity index is 2.33. The van der Waals surface area contributed by atoms with Gasteiger partial charge in [-0.25, -0.2) is 9.18 Å². The van der Waals surface area contributed by atoms with Crippen molar-refractivity contribution in [2.24, 2.45) is 0 Å². The quantitative estimate of drug-likeness (QED) is 0.687. The second-order valence-corrected chi connectivity index (χ2v) is 4.37.